The van der Waals surface area contributed by atoms with E-state index in [-0.39, 0.29) is 18.3 Å². The van der Waals surface area contributed by atoms with Gasteiger partial charge in [0.25, 0.3) is 5.91 Å². The number of anilines is 1. The number of fused-ring (bicyclic) bond motifs is 3. The Hall–Kier alpha value is -1.61. The molecule has 9 heteroatoms. The second kappa shape index (κ2) is 8.39. The van der Waals surface area contributed by atoms with Crippen LogP contribution < -0.4 is 10.9 Å². The zero-order chi connectivity index (χ0) is 17.2. The summed E-state index contributed by atoms with van der Waals surface area (Å²) in [6.07, 6.45) is 0.913. The van der Waals surface area contributed by atoms with Gasteiger partial charge in [-0.05, 0) is 52.2 Å². The second-order valence-electron chi connectivity index (χ2n) is 5.40. The number of halogens is 2. The van der Waals surface area contributed by atoms with Crippen molar-refractivity contribution in [2.45, 2.75) is 10.6 Å². The van der Waals surface area contributed by atoms with E-state index in [9.17, 15) is 4.79 Å². The van der Waals surface area contributed by atoms with Crippen LogP contribution in [0.5, 0.6) is 0 Å². The summed E-state index contributed by atoms with van der Waals surface area (Å²) in [5, 5.41) is 8.60. The maximum atomic E-state index is 12.1. The molecule has 1 aliphatic heterocycles. The summed E-state index contributed by atoms with van der Waals surface area (Å²) in [6, 6.07) is 13.1. The average molecular weight is 470 g/mol. The molecule has 0 aliphatic carbocycles. The number of nitrogens with one attached hydrogen (secondary N) is 2. The van der Waals surface area contributed by atoms with E-state index in [1.54, 1.807) is 23.5 Å². The molecule has 2 N–H and O–H groups in total. The Morgan fingerprint density at radius 1 is 1.15 bits per heavy atom. The molecule has 1 aliphatic rings. The Bertz CT molecular complexity index is 936. The molecule has 4 rings (SSSR count). The van der Waals surface area contributed by atoms with Crippen LogP contribution in [0.15, 0.2) is 50.5 Å². The summed E-state index contributed by atoms with van der Waals surface area (Å²) in [7, 11) is 0. The first-order chi connectivity index (χ1) is 12.2. The Kier molecular flexibility index (Phi) is 6.18. The van der Waals surface area contributed by atoms with Gasteiger partial charge in [-0.3, -0.25) is 15.6 Å². The Morgan fingerprint density at radius 3 is 2.77 bits per heavy atom. The molecule has 3 aromatic rings. The monoisotopic (exact) mass is 468 g/mol. The lowest BCUT2D eigenvalue weighted by Gasteiger charge is -2.10. The molecule has 3 heterocycles. The van der Waals surface area contributed by atoms with Gasteiger partial charge in [-0.1, -0.05) is 18.2 Å². The predicted molar refractivity (Wildman–Crippen MR) is 112 cm³/mol. The Balaban J connectivity index is 0.00000196. The van der Waals surface area contributed by atoms with E-state index in [0.29, 0.717) is 11.4 Å². The Labute approximate surface area is 173 Å². The molecule has 0 radical (unpaired) electrons. The smallest absolute Gasteiger partial charge is 0.269 e. The Morgan fingerprint density at radius 2 is 1.96 bits per heavy atom. The number of amides is 1. The standard InChI is InChI=1S/C17H13BrN4OS2.ClH/c18-13-9-12-15-11(6-7-24-17(12)25-13)8-14(19-21-15)20-22-16(23)10-4-2-1-3-5-10;/h1-5,8-9H,6-7H2,(H,19,20)(H,22,23);1H. The van der Waals surface area contributed by atoms with Gasteiger partial charge in [0.15, 0.2) is 5.82 Å². The molecular formula is C17H14BrClN4OS2. The van der Waals surface area contributed by atoms with Gasteiger partial charge >= 0.3 is 0 Å². The van der Waals surface area contributed by atoms with Crippen molar-refractivity contribution in [2.24, 2.45) is 0 Å². The van der Waals surface area contributed by atoms with Crippen molar-refractivity contribution in [3.05, 3.63) is 57.4 Å². The van der Waals surface area contributed by atoms with Gasteiger partial charge in [-0.25, -0.2) is 0 Å². The van der Waals surface area contributed by atoms with Crippen molar-refractivity contribution in [1.29, 1.82) is 0 Å². The molecule has 2 aromatic heterocycles. The van der Waals surface area contributed by atoms with Crippen LogP contribution in [0.3, 0.4) is 0 Å². The fraction of sp³-hybridized carbons (Fsp3) is 0.118. The first-order valence-electron chi connectivity index (χ1n) is 7.61. The van der Waals surface area contributed by atoms with Crippen LogP contribution in [0, 0.1) is 0 Å². The zero-order valence-corrected chi connectivity index (χ0v) is 17.4. The number of thiophene rings is 1. The third-order valence-corrected chi connectivity index (χ3v) is 6.67. The molecule has 5 nitrogen and oxygen atoms in total. The predicted octanol–water partition coefficient (Wildman–Crippen LogP) is 4.79. The normalized spacial score (nSPS) is 12.2. The summed E-state index contributed by atoms with van der Waals surface area (Å²) in [5.74, 6) is 1.32. The molecule has 0 saturated carbocycles. The molecular weight excluding hydrogens is 456 g/mol. The van der Waals surface area contributed by atoms with E-state index in [1.807, 2.05) is 36.0 Å². The van der Waals surface area contributed by atoms with Crippen molar-refractivity contribution >= 4 is 63.2 Å². The molecule has 1 aromatic carbocycles. The van der Waals surface area contributed by atoms with E-state index in [2.05, 4.69) is 43.0 Å². The topological polar surface area (TPSA) is 66.9 Å². The fourth-order valence-corrected chi connectivity index (χ4v) is 5.79. The molecule has 0 unspecified atom stereocenters. The van der Waals surface area contributed by atoms with E-state index >= 15 is 0 Å². The minimum atomic E-state index is -0.211. The van der Waals surface area contributed by atoms with Crippen LogP contribution in [0.1, 0.15) is 15.9 Å². The minimum Gasteiger partial charge on any atom is -0.280 e. The molecule has 0 fully saturated rings. The quantitative estimate of drug-likeness (QED) is 0.540. The summed E-state index contributed by atoms with van der Waals surface area (Å²) >= 11 is 7.11. The minimum absolute atomic E-state index is 0. The van der Waals surface area contributed by atoms with E-state index in [4.69, 9.17) is 0 Å². The SMILES string of the molecule is Cl.O=C(NNc1cc2c(nn1)-c1cc(Br)sc1SCC2)c1ccccc1. The lowest BCUT2D eigenvalue weighted by atomic mass is 10.1. The van der Waals surface area contributed by atoms with Gasteiger partial charge in [0.05, 0.1) is 13.7 Å². The maximum Gasteiger partial charge on any atom is 0.269 e. The van der Waals surface area contributed by atoms with Crippen LogP contribution in [0.25, 0.3) is 11.3 Å². The zero-order valence-electron chi connectivity index (χ0n) is 13.4. The van der Waals surface area contributed by atoms with Crippen molar-refractivity contribution in [3.63, 3.8) is 0 Å². The third kappa shape index (κ3) is 4.03. The van der Waals surface area contributed by atoms with E-state index in [0.717, 1.165) is 32.8 Å². The molecule has 0 spiro atoms. The summed E-state index contributed by atoms with van der Waals surface area (Å²) < 4.78 is 2.36. The molecule has 0 atom stereocenters. The van der Waals surface area contributed by atoms with Crippen molar-refractivity contribution in [2.75, 3.05) is 11.2 Å². The number of hydrogen-bond donors (Lipinski definition) is 2. The molecule has 0 saturated heterocycles. The number of benzene rings is 1. The lowest BCUT2D eigenvalue weighted by Crippen LogP contribution is -2.30. The molecule has 1 amide bonds. The van der Waals surface area contributed by atoms with Crippen LogP contribution in [0.2, 0.25) is 0 Å². The second-order valence-corrected chi connectivity index (χ2v) is 9.19. The number of nitrogens with zero attached hydrogens (tertiary/aromatic N) is 2. The van der Waals surface area contributed by atoms with Crippen LogP contribution in [-0.4, -0.2) is 21.9 Å². The van der Waals surface area contributed by atoms with E-state index < -0.39 is 0 Å². The van der Waals surface area contributed by atoms with Crippen molar-refractivity contribution in [3.8, 4) is 11.3 Å². The van der Waals surface area contributed by atoms with Gasteiger partial charge in [0.1, 0.15) is 0 Å². The van der Waals surface area contributed by atoms with Gasteiger partial charge in [0, 0.05) is 16.9 Å². The maximum absolute atomic E-state index is 12.1. The highest BCUT2D eigenvalue weighted by Gasteiger charge is 2.20. The van der Waals surface area contributed by atoms with Crippen LogP contribution in [-0.2, 0) is 6.42 Å². The highest BCUT2D eigenvalue weighted by Crippen LogP contribution is 2.43. The number of hydrogen-bond acceptors (Lipinski definition) is 6. The first kappa shape index (κ1) is 19.2. The van der Waals surface area contributed by atoms with Gasteiger partial charge in [0.2, 0.25) is 0 Å². The highest BCUT2D eigenvalue weighted by atomic mass is 79.9. The largest absolute Gasteiger partial charge is 0.280 e. The van der Waals surface area contributed by atoms with Crippen LogP contribution >= 0.6 is 51.4 Å². The van der Waals surface area contributed by atoms with Crippen molar-refractivity contribution in [1.82, 2.24) is 15.6 Å². The van der Waals surface area contributed by atoms with Gasteiger partial charge in [-0.2, -0.15) is 0 Å². The highest BCUT2D eigenvalue weighted by molar-refractivity contribution is 9.11. The molecule has 26 heavy (non-hydrogen) atoms. The van der Waals surface area contributed by atoms with Gasteiger partial charge in [-0.15, -0.1) is 45.7 Å². The number of thioether (sulfide) groups is 1. The number of hydrazine groups is 1. The number of carbonyl (C=O) groups excluding carboxylic acids is 1. The molecule has 134 valence electrons. The fourth-order valence-electron chi connectivity index (χ4n) is 2.56. The number of carbonyl (C=O) groups is 1. The third-order valence-electron chi connectivity index (χ3n) is 3.74. The summed E-state index contributed by atoms with van der Waals surface area (Å²) in [4.78, 5) is 12.1. The van der Waals surface area contributed by atoms with Gasteiger partial charge < -0.3 is 0 Å². The first-order valence-corrected chi connectivity index (χ1v) is 10.2. The lowest BCUT2D eigenvalue weighted by molar-refractivity contribution is 0.0962. The average Bonchev–Trinajstić information content (AvgIpc) is 2.92. The van der Waals surface area contributed by atoms with Crippen molar-refractivity contribution < 1.29 is 4.79 Å². The van der Waals surface area contributed by atoms with E-state index in [1.165, 1.54) is 4.21 Å². The summed E-state index contributed by atoms with van der Waals surface area (Å²) in [5.41, 5.74) is 9.27. The molecule has 0 bridgehead atoms. The summed E-state index contributed by atoms with van der Waals surface area (Å²) in [6.45, 7) is 0. The van der Waals surface area contributed by atoms with Crippen LogP contribution in [0.4, 0.5) is 5.82 Å². The number of aromatic nitrogens is 2. The number of rotatable bonds is 3. The number of aryl methyl sites for hydroxylation is 1.